The Morgan fingerprint density at radius 2 is 2.07 bits per heavy atom. The molecule has 0 aromatic heterocycles. The van der Waals surface area contributed by atoms with Crippen molar-refractivity contribution in [3.05, 3.63) is 48.0 Å². The Hall–Kier alpha value is -2.05. The molecule has 2 N–H and O–H groups in total. The second kappa shape index (κ2) is 5.57. The summed E-state index contributed by atoms with van der Waals surface area (Å²) in [6.07, 6.45) is 2.52. The van der Waals surface area contributed by atoms with Crippen LogP contribution in [0, 0.1) is 11.8 Å². The van der Waals surface area contributed by atoms with Crippen LogP contribution in [-0.2, 0) is 4.79 Å². The first kappa shape index (κ1) is 10.0. The van der Waals surface area contributed by atoms with E-state index in [1.165, 1.54) is 11.6 Å². The average molecular weight is 187 g/mol. The highest BCUT2D eigenvalue weighted by Crippen LogP contribution is 1.94. The van der Waals surface area contributed by atoms with E-state index in [1.807, 2.05) is 30.3 Å². The Balaban J connectivity index is 2.57. The number of benzene rings is 1. The summed E-state index contributed by atoms with van der Waals surface area (Å²) in [6.45, 7) is 0. The third-order valence-electron chi connectivity index (χ3n) is 1.42. The number of hydrogen-bond donors (Lipinski definition) is 2. The molecule has 3 nitrogen and oxygen atoms in total. The lowest BCUT2D eigenvalue weighted by Crippen LogP contribution is -2.14. The van der Waals surface area contributed by atoms with Crippen LogP contribution in [0.5, 0.6) is 0 Å². The number of rotatable bonds is 1. The molecule has 70 valence electrons. The Morgan fingerprint density at radius 1 is 1.36 bits per heavy atom. The van der Waals surface area contributed by atoms with Gasteiger partial charge in [0.2, 0.25) is 0 Å². The first-order chi connectivity index (χ1) is 6.83. The maximum absolute atomic E-state index is 10.5. The number of carbonyl (C=O) groups excluding carboxylic acids is 1. The molecule has 0 atom stereocenters. The van der Waals surface area contributed by atoms with Crippen LogP contribution in [-0.4, -0.2) is 11.1 Å². The number of nitrogens with one attached hydrogen (secondary N) is 1. The summed E-state index contributed by atoms with van der Waals surface area (Å²) in [5.41, 5.74) is 2.35. The van der Waals surface area contributed by atoms with Gasteiger partial charge in [0.05, 0.1) is 0 Å². The van der Waals surface area contributed by atoms with E-state index in [2.05, 4.69) is 11.8 Å². The summed E-state index contributed by atoms with van der Waals surface area (Å²) in [5, 5.41) is 8.15. The molecule has 0 spiro atoms. The lowest BCUT2D eigenvalue weighted by atomic mass is 10.2. The van der Waals surface area contributed by atoms with Gasteiger partial charge in [-0.15, -0.1) is 0 Å². The maximum atomic E-state index is 10.5. The van der Waals surface area contributed by atoms with Crippen LogP contribution in [0.25, 0.3) is 0 Å². The Kier molecular flexibility index (Phi) is 3.99. The largest absolute Gasteiger partial charge is 0.288 e. The van der Waals surface area contributed by atoms with E-state index in [1.54, 1.807) is 0 Å². The van der Waals surface area contributed by atoms with Gasteiger partial charge in [-0.3, -0.25) is 10.0 Å². The molecule has 0 aliphatic carbocycles. The number of carbonyl (C=O) groups is 1. The van der Waals surface area contributed by atoms with Crippen molar-refractivity contribution in [3.63, 3.8) is 0 Å². The van der Waals surface area contributed by atoms with Crippen molar-refractivity contribution in [1.29, 1.82) is 0 Å². The normalized spacial score (nSPS) is 9.21. The molecule has 1 amide bonds. The second-order valence-electron chi connectivity index (χ2n) is 2.44. The highest BCUT2D eigenvalue weighted by Gasteiger charge is 1.85. The van der Waals surface area contributed by atoms with Crippen LogP contribution in [0.15, 0.2) is 42.5 Å². The fourth-order valence-corrected chi connectivity index (χ4v) is 0.801. The lowest BCUT2D eigenvalue weighted by Gasteiger charge is -1.85. The summed E-state index contributed by atoms with van der Waals surface area (Å²) in [6, 6.07) is 9.41. The van der Waals surface area contributed by atoms with Crippen LogP contribution in [0.3, 0.4) is 0 Å². The van der Waals surface area contributed by atoms with Gasteiger partial charge in [-0.05, 0) is 18.2 Å². The zero-order chi connectivity index (χ0) is 10.2. The first-order valence-electron chi connectivity index (χ1n) is 4.00. The first-order valence-corrected chi connectivity index (χ1v) is 4.00. The minimum atomic E-state index is -0.590. The van der Waals surface area contributed by atoms with Crippen molar-refractivity contribution >= 4 is 5.91 Å². The molecule has 1 aromatic carbocycles. The van der Waals surface area contributed by atoms with E-state index < -0.39 is 5.91 Å². The SMILES string of the molecule is O=C(/C=C/C#Cc1ccccc1)NO. The van der Waals surface area contributed by atoms with Gasteiger partial charge in [0.1, 0.15) is 0 Å². The molecule has 0 saturated carbocycles. The molecule has 0 fully saturated rings. The summed E-state index contributed by atoms with van der Waals surface area (Å²) in [5.74, 6) is 4.90. The molecule has 0 bridgehead atoms. The molecule has 14 heavy (non-hydrogen) atoms. The molecule has 0 heterocycles. The van der Waals surface area contributed by atoms with E-state index in [0.717, 1.165) is 11.6 Å². The smallest absolute Gasteiger partial charge is 0.267 e. The van der Waals surface area contributed by atoms with E-state index in [4.69, 9.17) is 5.21 Å². The van der Waals surface area contributed by atoms with Gasteiger partial charge in [-0.1, -0.05) is 30.0 Å². The standard InChI is InChI=1S/C11H9NO2/c13-11(12-14)9-5-4-8-10-6-2-1-3-7-10/h1-3,5-7,9,14H,(H,12,13)/b9-5+. The quantitative estimate of drug-likeness (QED) is 0.299. The summed E-state index contributed by atoms with van der Waals surface area (Å²) in [4.78, 5) is 10.5. The van der Waals surface area contributed by atoms with Gasteiger partial charge in [0.25, 0.3) is 5.91 Å². The van der Waals surface area contributed by atoms with Crippen molar-refractivity contribution in [3.8, 4) is 11.8 Å². The average Bonchev–Trinajstić information content (AvgIpc) is 2.25. The van der Waals surface area contributed by atoms with E-state index >= 15 is 0 Å². The molecule has 1 rings (SSSR count). The fraction of sp³-hybridized carbons (Fsp3) is 0. The van der Waals surface area contributed by atoms with Gasteiger partial charge in [0, 0.05) is 11.6 Å². The van der Waals surface area contributed by atoms with Crippen LogP contribution in [0.1, 0.15) is 5.56 Å². The zero-order valence-electron chi connectivity index (χ0n) is 7.40. The van der Waals surface area contributed by atoms with Crippen LogP contribution < -0.4 is 5.48 Å². The van der Waals surface area contributed by atoms with Crippen molar-refractivity contribution in [1.82, 2.24) is 5.48 Å². The van der Waals surface area contributed by atoms with Crippen LogP contribution in [0.2, 0.25) is 0 Å². The predicted molar refractivity (Wildman–Crippen MR) is 52.4 cm³/mol. The molecule has 0 radical (unpaired) electrons. The third kappa shape index (κ3) is 3.57. The van der Waals surface area contributed by atoms with E-state index in [9.17, 15) is 4.79 Å². The van der Waals surface area contributed by atoms with Crippen molar-refractivity contribution in [2.45, 2.75) is 0 Å². The second-order valence-corrected chi connectivity index (χ2v) is 2.44. The summed E-state index contributed by atoms with van der Waals surface area (Å²) < 4.78 is 0. The monoisotopic (exact) mass is 187 g/mol. The van der Waals surface area contributed by atoms with Crippen LogP contribution in [0.4, 0.5) is 0 Å². The Labute approximate surface area is 82.0 Å². The topological polar surface area (TPSA) is 49.3 Å². The minimum Gasteiger partial charge on any atom is -0.288 e. The Morgan fingerprint density at radius 3 is 2.71 bits per heavy atom. The maximum Gasteiger partial charge on any atom is 0.267 e. The van der Waals surface area contributed by atoms with Gasteiger partial charge < -0.3 is 0 Å². The van der Waals surface area contributed by atoms with Gasteiger partial charge in [-0.2, -0.15) is 0 Å². The zero-order valence-corrected chi connectivity index (χ0v) is 7.40. The number of amides is 1. The third-order valence-corrected chi connectivity index (χ3v) is 1.42. The van der Waals surface area contributed by atoms with Crippen LogP contribution >= 0.6 is 0 Å². The molecule has 0 unspecified atom stereocenters. The highest BCUT2D eigenvalue weighted by molar-refractivity contribution is 5.86. The number of hydroxylamine groups is 1. The van der Waals surface area contributed by atoms with Crippen molar-refractivity contribution < 1.29 is 10.0 Å². The predicted octanol–water partition coefficient (Wildman–Crippen LogP) is 1.10. The summed E-state index contributed by atoms with van der Waals surface area (Å²) in [7, 11) is 0. The van der Waals surface area contributed by atoms with E-state index in [0.29, 0.717) is 0 Å². The minimum absolute atomic E-state index is 0.590. The highest BCUT2D eigenvalue weighted by atomic mass is 16.5. The molecule has 3 heteroatoms. The fourth-order valence-electron chi connectivity index (χ4n) is 0.801. The lowest BCUT2D eigenvalue weighted by molar-refractivity contribution is -0.124. The number of hydrogen-bond acceptors (Lipinski definition) is 2. The van der Waals surface area contributed by atoms with Crippen molar-refractivity contribution in [2.75, 3.05) is 0 Å². The van der Waals surface area contributed by atoms with E-state index in [-0.39, 0.29) is 0 Å². The molecular formula is C11H9NO2. The van der Waals surface area contributed by atoms with Crippen molar-refractivity contribution in [2.24, 2.45) is 0 Å². The number of allylic oxidation sites excluding steroid dienone is 1. The Bertz CT molecular complexity index is 385. The summed E-state index contributed by atoms with van der Waals surface area (Å²) >= 11 is 0. The van der Waals surface area contributed by atoms with Gasteiger partial charge >= 0.3 is 0 Å². The molecule has 0 aliphatic rings. The van der Waals surface area contributed by atoms with Gasteiger partial charge in [0.15, 0.2) is 0 Å². The molecule has 0 aliphatic heterocycles. The molecule has 1 aromatic rings. The van der Waals surface area contributed by atoms with Gasteiger partial charge in [-0.25, -0.2) is 5.48 Å². The molecular weight excluding hydrogens is 178 g/mol. The molecule has 0 saturated heterocycles.